The second-order valence-electron chi connectivity index (χ2n) is 8.11. The predicted molar refractivity (Wildman–Crippen MR) is 131 cm³/mol. The van der Waals surface area contributed by atoms with E-state index in [0.717, 1.165) is 5.56 Å². The third-order valence-electron chi connectivity index (χ3n) is 5.60. The van der Waals surface area contributed by atoms with Crippen molar-refractivity contribution in [3.05, 3.63) is 73.2 Å². The van der Waals surface area contributed by atoms with E-state index < -0.39 is 23.4 Å². The SMILES string of the molecule is COCCC1(Oc2ccc(Oc3ccc(-c4cnc(-c5ncccn5)o4)cc3)cc2)C(=O)NC(=O)NC1=O. The van der Waals surface area contributed by atoms with Crippen LogP contribution in [0, 0.1) is 0 Å². The van der Waals surface area contributed by atoms with E-state index >= 15 is 0 Å². The van der Waals surface area contributed by atoms with Crippen LogP contribution in [0.2, 0.25) is 0 Å². The summed E-state index contributed by atoms with van der Waals surface area (Å²) in [7, 11) is 1.43. The molecule has 0 bridgehead atoms. The van der Waals surface area contributed by atoms with Crippen LogP contribution in [0.25, 0.3) is 23.0 Å². The zero-order valence-corrected chi connectivity index (χ0v) is 20.0. The Balaban J connectivity index is 1.26. The van der Waals surface area contributed by atoms with Gasteiger partial charge in [0.1, 0.15) is 17.2 Å². The maximum Gasteiger partial charge on any atom is 0.328 e. The lowest BCUT2D eigenvalue weighted by molar-refractivity contribution is -0.153. The molecule has 38 heavy (non-hydrogen) atoms. The lowest BCUT2D eigenvalue weighted by Gasteiger charge is -2.34. The standard InChI is InChI=1S/C26H21N5O7/c1-35-14-11-26(23(32)30-25(34)31-24(26)33)38-19-9-7-18(8-10-19)36-17-5-3-16(4-6-17)20-15-29-22(37-20)21-27-12-2-13-28-21/h2-10,12-13,15H,11,14H2,1H3,(H2,30,31,32,33,34). The van der Waals surface area contributed by atoms with Crippen molar-refractivity contribution < 1.29 is 33.0 Å². The number of ether oxygens (including phenoxy) is 3. The number of oxazole rings is 1. The summed E-state index contributed by atoms with van der Waals surface area (Å²) in [5.74, 6) is 0.836. The van der Waals surface area contributed by atoms with Crippen molar-refractivity contribution in [2.45, 2.75) is 12.0 Å². The van der Waals surface area contributed by atoms with Gasteiger partial charge in [-0.05, 0) is 54.6 Å². The summed E-state index contributed by atoms with van der Waals surface area (Å²) in [6.45, 7) is 0.0572. The number of nitrogens with zero attached hydrogens (tertiary/aromatic N) is 3. The summed E-state index contributed by atoms with van der Waals surface area (Å²) in [6, 6.07) is 14.4. The lowest BCUT2D eigenvalue weighted by atomic mass is 9.95. The molecule has 4 amide bonds. The van der Waals surface area contributed by atoms with Gasteiger partial charge in [-0.15, -0.1) is 0 Å². The van der Waals surface area contributed by atoms with E-state index in [9.17, 15) is 14.4 Å². The lowest BCUT2D eigenvalue weighted by Crippen LogP contribution is -2.69. The van der Waals surface area contributed by atoms with E-state index in [2.05, 4.69) is 25.6 Å². The molecule has 0 saturated carbocycles. The number of imide groups is 2. The van der Waals surface area contributed by atoms with Gasteiger partial charge in [-0.1, -0.05) is 0 Å². The third-order valence-corrected chi connectivity index (χ3v) is 5.60. The minimum absolute atomic E-state index is 0.0572. The Morgan fingerprint density at radius 3 is 2.08 bits per heavy atom. The molecule has 1 saturated heterocycles. The van der Waals surface area contributed by atoms with E-state index in [-0.39, 0.29) is 18.8 Å². The van der Waals surface area contributed by atoms with Gasteiger partial charge in [0.15, 0.2) is 5.76 Å². The zero-order chi connectivity index (χ0) is 26.5. The van der Waals surface area contributed by atoms with Crippen LogP contribution in [0.15, 0.2) is 77.6 Å². The number of nitrogens with one attached hydrogen (secondary N) is 2. The van der Waals surface area contributed by atoms with Gasteiger partial charge < -0.3 is 18.6 Å². The number of urea groups is 1. The topological polar surface area (TPSA) is 155 Å². The Kier molecular flexibility index (Phi) is 6.78. The van der Waals surface area contributed by atoms with Gasteiger partial charge in [0, 0.05) is 31.5 Å². The van der Waals surface area contributed by atoms with Crippen molar-refractivity contribution in [2.75, 3.05) is 13.7 Å². The molecule has 2 aromatic carbocycles. The maximum absolute atomic E-state index is 12.5. The van der Waals surface area contributed by atoms with Crippen LogP contribution in [-0.4, -0.2) is 52.1 Å². The first-order valence-corrected chi connectivity index (χ1v) is 11.4. The number of carbonyl (C=O) groups excluding carboxylic acids is 3. The quantitative estimate of drug-likeness (QED) is 0.318. The number of amides is 4. The molecule has 0 radical (unpaired) electrons. The Morgan fingerprint density at radius 1 is 0.842 bits per heavy atom. The molecule has 12 heteroatoms. The highest BCUT2D eigenvalue weighted by atomic mass is 16.5. The van der Waals surface area contributed by atoms with Crippen molar-refractivity contribution in [2.24, 2.45) is 0 Å². The highest BCUT2D eigenvalue weighted by molar-refractivity contribution is 6.21. The first-order chi connectivity index (χ1) is 18.5. The molecule has 1 aliphatic rings. The molecule has 192 valence electrons. The fourth-order valence-corrected chi connectivity index (χ4v) is 3.68. The molecular formula is C26H21N5O7. The summed E-state index contributed by atoms with van der Waals surface area (Å²) >= 11 is 0. The van der Waals surface area contributed by atoms with E-state index in [4.69, 9.17) is 18.6 Å². The Bertz CT molecular complexity index is 1430. The van der Waals surface area contributed by atoms with Gasteiger partial charge in [-0.3, -0.25) is 20.2 Å². The minimum atomic E-state index is -1.95. The van der Waals surface area contributed by atoms with Crippen LogP contribution in [0.4, 0.5) is 4.79 Å². The second-order valence-corrected chi connectivity index (χ2v) is 8.11. The Hall–Kier alpha value is -5.10. The number of hydrogen-bond donors (Lipinski definition) is 2. The molecule has 2 N–H and O–H groups in total. The van der Waals surface area contributed by atoms with E-state index in [0.29, 0.717) is 29.0 Å². The van der Waals surface area contributed by atoms with Gasteiger partial charge in [0.25, 0.3) is 23.3 Å². The van der Waals surface area contributed by atoms with E-state index in [1.54, 1.807) is 61.1 Å². The van der Waals surface area contributed by atoms with Gasteiger partial charge in [-0.2, -0.15) is 0 Å². The zero-order valence-electron chi connectivity index (χ0n) is 20.0. The molecule has 0 aliphatic carbocycles. The number of benzene rings is 2. The Morgan fingerprint density at radius 2 is 1.45 bits per heavy atom. The van der Waals surface area contributed by atoms with Crippen molar-refractivity contribution in [1.29, 1.82) is 0 Å². The van der Waals surface area contributed by atoms with Crippen molar-refractivity contribution >= 4 is 17.8 Å². The Labute approximate surface area is 216 Å². The molecular weight excluding hydrogens is 494 g/mol. The highest BCUT2D eigenvalue weighted by Crippen LogP contribution is 2.30. The number of carbonyl (C=O) groups is 3. The minimum Gasteiger partial charge on any atom is -0.467 e. The summed E-state index contributed by atoms with van der Waals surface area (Å²) in [4.78, 5) is 49.1. The molecule has 12 nitrogen and oxygen atoms in total. The van der Waals surface area contributed by atoms with Crippen LogP contribution in [0.1, 0.15) is 6.42 Å². The predicted octanol–water partition coefficient (Wildman–Crippen LogP) is 3.11. The molecule has 0 spiro atoms. The molecule has 1 fully saturated rings. The molecule has 0 unspecified atom stereocenters. The highest BCUT2D eigenvalue weighted by Gasteiger charge is 2.52. The smallest absolute Gasteiger partial charge is 0.328 e. The van der Waals surface area contributed by atoms with Crippen LogP contribution in [0.3, 0.4) is 0 Å². The largest absolute Gasteiger partial charge is 0.467 e. The number of rotatable bonds is 9. The van der Waals surface area contributed by atoms with Gasteiger partial charge in [0.2, 0.25) is 5.82 Å². The fraction of sp³-hybridized carbons (Fsp3) is 0.154. The third kappa shape index (κ3) is 5.06. The first-order valence-electron chi connectivity index (χ1n) is 11.4. The van der Waals surface area contributed by atoms with E-state index in [1.807, 2.05) is 12.1 Å². The number of methoxy groups -OCH3 is 1. The van der Waals surface area contributed by atoms with Gasteiger partial charge in [0.05, 0.1) is 12.8 Å². The molecule has 3 heterocycles. The normalized spacial score (nSPS) is 14.5. The summed E-state index contributed by atoms with van der Waals surface area (Å²) < 4.78 is 22.5. The molecule has 0 atom stereocenters. The van der Waals surface area contributed by atoms with Crippen molar-refractivity contribution in [3.63, 3.8) is 0 Å². The number of hydrogen-bond acceptors (Lipinski definition) is 10. The second kappa shape index (κ2) is 10.5. The summed E-state index contributed by atoms with van der Waals surface area (Å²) in [5.41, 5.74) is -1.16. The van der Waals surface area contributed by atoms with Crippen molar-refractivity contribution in [1.82, 2.24) is 25.6 Å². The molecule has 5 rings (SSSR count). The summed E-state index contributed by atoms with van der Waals surface area (Å²) in [5, 5.41) is 4.14. The number of barbiturate groups is 1. The molecule has 2 aromatic heterocycles. The van der Waals surface area contributed by atoms with Gasteiger partial charge in [-0.25, -0.2) is 19.7 Å². The molecule has 4 aromatic rings. The first kappa shape index (κ1) is 24.6. The summed E-state index contributed by atoms with van der Waals surface area (Å²) in [6.07, 6.45) is 4.73. The maximum atomic E-state index is 12.5. The van der Waals surface area contributed by atoms with Crippen LogP contribution >= 0.6 is 0 Å². The average molecular weight is 515 g/mol. The van der Waals surface area contributed by atoms with Crippen molar-refractivity contribution in [3.8, 4) is 40.3 Å². The van der Waals surface area contributed by atoms with E-state index in [1.165, 1.54) is 7.11 Å². The van der Waals surface area contributed by atoms with Gasteiger partial charge >= 0.3 is 6.03 Å². The molecule has 1 aliphatic heterocycles. The van der Waals surface area contributed by atoms with Crippen LogP contribution in [-0.2, 0) is 14.3 Å². The average Bonchev–Trinajstić information content (AvgIpc) is 3.42. The van der Waals surface area contributed by atoms with Crippen LogP contribution < -0.4 is 20.1 Å². The monoisotopic (exact) mass is 515 g/mol. The fourth-order valence-electron chi connectivity index (χ4n) is 3.68. The van der Waals surface area contributed by atoms with Crippen LogP contribution in [0.5, 0.6) is 17.2 Å². The number of aromatic nitrogens is 3.